The second-order valence-electron chi connectivity index (χ2n) is 4.92. The number of hydrogen-bond acceptors (Lipinski definition) is 4. The lowest BCUT2D eigenvalue weighted by Gasteiger charge is -2.06. The molecule has 17 heavy (non-hydrogen) atoms. The molecule has 1 aromatic heterocycles. The Morgan fingerprint density at radius 1 is 1.35 bits per heavy atom. The van der Waals surface area contributed by atoms with Gasteiger partial charge in [0, 0.05) is 4.88 Å². The molecule has 0 aliphatic heterocycles. The second-order valence-corrected chi connectivity index (χ2v) is 6.04. The van der Waals surface area contributed by atoms with Crippen molar-refractivity contribution in [3.63, 3.8) is 0 Å². The van der Waals surface area contributed by atoms with E-state index in [1.807, 2.05) is 0 Å². The molecule has 0 unspecified atom stereocenters. The topological polar surface area (TPSA) is 39.2 Å². The van der Waals surface area contributed by atoms with E-state index in [1.165, 1.54) is 12.0 Å². The fourth-order valence-electron chi connectivity index (χ4n) is 1.67. The van der Waals surface area contributed by atoms with Crippen LogP contribution in [0.3, 0.4) is 0 Å². The van der Waals surface area contributed by atoms with Crippen molar-refractivity contribution in [3.8, 4) is 0 Å². The van der Waals surface area contributed by atoms with E-state index in [0.29, 0.717) is 18.3 Å². The van der Waals surface area contributed by atoms with E-state index < -0.39 is 0 Å². The number of carbonyl (C=O) groups excluding carboxylic acids is 1. The lowest BCUT2D eigenvalue weighted by atomic mass is 10.0. The summed E-state index contributed by atoms with van der Waals surface area (Å²) in [5.41, 5.74) is 1.15. The monoisotopic (exact) mass is 255 g/mol. The maximum absolute atomic E-state index is 11.2. The summed E-state index contributed by atoms with van der Waals surface area (Å²) >= 11 is 1.64. The molecule has 0 N–H and O–H groups in total. The number of ether oxygens (including phenoxy) is 1. The molecule has 0 aromatic carbocycles. The minimum atomic E-state index is -0.217. The van der Waals surface area contributed by atoms with Crippen molar-refractivity contribution in [3.05, 3.63) is 15.6 Å². The first kappa shape index (κ1) is 14.2. The Balaban J connectivity index is 2.91. The number of esters is 1. The first-order valence-corrected chi connectivity index (χ1v) is 6.81. The lowest BCUT2D eigenvalue weighted by molar-refractivity contribution is -0.139. The van der Waals surface area contributed by atoms with Crippen molar-refractivity contribution in [1.29, 1.82) is 0 Å². The Hall–Kier alpha value is -0.900. The Kier molecular flexibility index (Phi) is 5.12. The zero-order valence-corrected chi connectivity index (χ0v) is 12.1. The van der Waals surface area contributed by atoms with Gasteiger partial charge in [0.05, 0.1) is 19.2 Å². The maximum Gasteiger partial charge on any atom is 0.312 e. The molecule has 3 nitrogen and oxygen atoms in total. The summed E-state index contributed by atoms with van der Waals surface area (Å²) in [6.45, 7) is 8.70. The largest absolute Gasteiger partial charge is 0.469 e. The number of methoxy groups -OCH3 is 1. The average Bonchev–Trinajstić information content (AvgIpc) is 2.59. The summed E-state index contributed by atoms with van der Waals surface area (Å²) in [4.78, 5) is 17.1. The number of carbonyl (C=O) groups is 1. The minimum absolute atomic E-state index is 0.217. The van der Waals surface area contributed by atoms with Gasteiger partial charge in [0.2, 0.25) is 0 Å². The highest BCUT2D eigenvalue weighted by molar-refractivity contribution is 7.11. The third-order valence-electron chi connectivity index (χ3n) is 2.42. The normalized spacial score (nSPS) is 11.2. The zero-order chi connectivity index (χ0) is 13.0. The lowest BCUT2D eigenvalue weighted by Crippen LogP contribution is -2.04. The highest BCUT2D eigenvalue weighted by Crippen LogP contribution is 2.28. The average molecular weight is 255 g/mol. The van der Waals surface area contributed by atoms with E-state index in [4.69, 9.17) is 0 Å². The summed E-state index contributed by atoms with van der Waals surface area (Å²) in [5, 5.41) is 0.871. The molecule has 0 saturated carbocycles. The van der Waals surface area contributed by atoms with Gasteiger partial charge in [-0.3, -0.25) is 4.79 Å². The quantitative estimate of drug-likeness (QED) is 0.759. The van der Waals surface area contributed by atoms with Crippen LogP contribution >= 0.6 is 11.3 Å². The molecular weight excluding hydrogens is 234 g/mol. The molecule has 0 atom stereocenters. The van der Waals surface area contributed by atoms with Gasteiger partial charge in [0.25, 0.3) is 0 Å². The van der Waals surface area contributed by atoms with Gasteiger partial charge in [-0.25, -0.2) is 4.98 Å². The van der Waals surface area contributed by atoms with Crippen LogP contribution in [0.4, 0.5) is 0 Å². The van der Waals surface area contributed by atoms with Gasteiger partial charge in [0.15, 0.2) is 0 Å². The van der Waals surface area contributed by atoms with E-state index in [9.17, 15) is 4.79 Å². The van der Waals surface area contributed by atoms with Crippen LogP contribution in [0.1, 0.15) is 49.2 Å². The number of thiazole rings is 1. The predicted molar refractivity (Wildman–Crippen MR) is 70.5 cm³/mol. The first-order chi connectivity index (χ1) is 7.93. The molecule has 0 amide bonds. The molecule has 0 fully saturated rings. The Labute approximate surface area is 107 Å². The van der Waals surface area contributed by atoms with Crippen molar-refractivity contribution in [1.82, 2.24) is 4.98 Å². The fraction of sp³-hybridized carbons (Fsp3) is 0.692. The van der Waals surface area contributed by atoms with Gasteiger partial charge >= 0.3 is 5.97 Å². The third kappa shape index (κ3) is 4.11. The van der Waals surface area contributed by atoms with Crippen molar-refractivity contribution < 1.29 is 9.53 Å². The van der Waals surface area contributed by atoms with E-state index in [-0.39, 0.29) is 5.97 Å². The maximum atomic E-state index is 11.2. The Bertz CT molecular complexity index is 383. The molecule has 0 aliphatic carbocycles. The predicted octanol–water partition coefficient (Wildman–Crippen LogP) is 3.18. The molecule has 1 aromatic rings. The van der Waals surface area contributed by atoms with Crippen LogP contribution in [0.2, 0.25) is 0 Å². The number of aromatic nitrogens is 1. The smallest absolute Gasteiger partial charge is 0.312 e. The molecule has 0 saturated heterocycles. The molecule has 1 rings (SSSR count). The van der Waals surface area contributed by atoms with Crippen molar-refractivity contribution >= 4 is 17.3 Å². The Morgan fingerprint density at radius 2 is 2.00 bits per heavy atom. The molecule has 96 valence electrons. The Morgan fingerprint density at radius 3 is 2.47 bits per heavy atom. The third-order valence-corrected chi connectivity index (χ3v) is 3.82. The van der Waals surface area contributed by atoms with E-state index in [2.05, 4.69) is 37.4 Å². The van der Waals surface area contributed by atoms with Crippen LogP contribution in [0.15, 0.2) is 0 Å². The number of rotatable bonds is 5. The van der Waals surface area contributed by atoms with Crippen LogP contribution in [0.25, 0.3) is 0 Å². The minimum Gasteiger partial charge on any atom is -0.469 e. The van der Waals surface area contributed by atoms with Crippen LogP contribution in [-0.2, 0) is 22.4 Å². The summed E-state index contributed by atoms with van der Waals surface area (Å²) in [6, 6.07) is 0. The van der Waals surface area contributed by atoms with Gasteiger partial charge in [-0.05, 0) is 18.3 Å². The molecule has 0 bridgehead atoms. The zero-order valence-electron chi connectivity index (χ0n) is 11.2. The summed E-state index contributed by atoms with van der Waals surface area (Å²) in [7, 11) is 1.41. The van der Waals surface area contributed by atoms with Crippen LogP contribution in [0, 0.1) is 5.92 Å². The SMILES string of the molecule is COC(=O)Cc1nc(CC(C)C)c(C(C)C)s1. The summed E-state index contributed by atoms with van der Waals surface area (Å²) in [6.07, 6.45) is 1.27. The highest BCUT2D eigenvalue weighted by Gasteiger charge is 2.16. The molecule has 0 radical (unpaired) electrons. The fourth-order valence-corrected chi connectivity index (χ4v) is 2.75. The second kappa shape index (κ2) is 6.15. The molecule has 0 aliphatic rings. The number of hydrogen-bond donors (Lipinski definition) is 0. The van der Waals surface area contributed by atoms with Gasteiger partial charge in [-0.2, -0.15) is 0 Å². The van der Waals surface area contributed by atoms with Gasteiger partial charge < -0.3 is 4.74 Å². The molecule has 0 spiro atoms. The molecule has 1 heterocycles. The van der Waals surface area contributed by atoms with E-state index in [1.54, 1.807) is 11.3 Å². The van der Waals surface area contributed by atoms with Crippen molar-refractivity contribution in [2.45, 2.75) is 46.5 Å². The van der Waals surface area contributed by atoms with Crippen LogP contribution in [0.5, 0.6) is 0 Å². The van der Waals surface area contributed by atoms with E-state index in [0.717, 1.165) is 17.1 Å². The van der Waals surface area contributed by atoms with Crippen molar-refractivity contribution in [2.24, 2.45) is 5.92 Å². The number of nitrogens with zero attached hydrogens (tertiary/aromatic N) is 1. The van der Waals surface area contributed by atoms with Crippen molar-refractivity contribution in [2.75, 3.05) is 7.11 Å². The van der Waals surface area contributed by atoms with Gasteiger partial charge in [0.1, 0.15) is 5.01 Å². The van der Waals surface area contributed by atoms with E-state index >= 15 is 0 Å². The summed E-state index contributed by atoms with van der Waals surface area (Å²) < 4.78 is 4.67. The summed E-state index contributed by atoms with van der Waals surface area (Å²) in [5.74, 6) is 0.832. The van der Waals surface area contributed by atoms with Crippen LogP contribution < -0.4 is 0 Å². The molecular formula is C13H21NO2S. The van der Waals surface area contributed by atoms with Gasteiger partial charge in [-0.15, -0.1) is 11.3 Å². The molecule has 4 heteroatoms. The van der Waals surface area contributed by atoms with Gasteiger partial charge in [-0.1, -0.05) is 27.7 Å². The highest BCUT2D eigenvalue weighted by atomic mass is 32.1. The first-order valence-electron chi connectivity index (χ1n) is 5.99. The van der Waals surface area contributed by atoms with Crippen LogP contribution in [-0.4, -0.2) is 18.1 Å². The standard InChI is InChI=1S/C13H21NO2S/c1-8(2)6-10-13(9(3)4)17-11(14-10)7-12(15)16-5/h8-9H,6-7H2,1-5H3.